The van der Waals surface area contributed by atoms with Crippen molar-refractivity contribution < 1.29 is 14.3 Å². The molecule has 7 heteroatoms. The molecule has 1 aliphatic heterocycles. The Morgan fingerprint density at radius 1 is 1.00 bits per heavy atom. The molecule has 1 amide bonds. The first kappa shape index (κ1) is 19.8. The van der Waals surface area contributed by atoms with Crippen LogP contribution in [0.2, 0.25) is 0 Å². The van der Waals surface area contributed by atoms with E-state index in [4.69, 9.17) is 9.47 Å². The summed E-state index contributed by atoms with van der Waals surface area (Å²) in [4.78, 5) is 30.4. The van der Waals surface area contributed by atoms with Crippen molar-refractivity contribution in [1.82, 2.24) is 9.47 Å². The zero-order chi connectivity index (χ0) is 21.4. The lowest BCUT2D eigenvalue weighted by atomic mass is 10.0. The first-order chi connectivity index (χ1) is 14.4. The summed E-state index contributed by atoms with van der Waals surface area (Å²) in [6.07, 6.45) is 2.64. The third-order valence-corrected chi connectivity index (χ3v) is 5.52. The minimum atomic E-state index is -0.220. The van der Waals surface area contributed by atoms with Crippen LogP contribution in [0.15, 0.2) is 47.4 Å². The second-order valence-corrected chi connectivity index (χ2v) is 7.53. The fourth-order valence-corrected chi connectivity index (χ4v) is 3.64. The van der Waals surface area contributed by atoms with Gasteiger partial charge in [-0.2, -0.15) is 0 Å². The molecule has 1 fully saturated rings. The average Bonchev–Trinajstić information content (AvgIpc) is 2.71. The Morgan fingerprint density at radius 3 is 2.23 bits per heavy atom. The largest absolute Gasteiger partial charge is 0.493 e. The minimum Gasteiger partial charge on any atom is -0.493 e. The van der Waals surface area contributed by atoms with E-state index >= 15 is 0 Å². The van der Waals surface area contributed by atoms with Crippen LogP contribution in [0.1, 0.15) is 16.8 Å². The highest BCUT2D eigenvalue weighted by atomic mass is 16.5. The Morgan fingerprint density at radius 2 is 1.67 bits per heavy atom. The Bertz CT molecular complexity index is 1180. The van der Waals surface area contributed by atoms with E-state index in [1.54, 1.807) is 23.2 Å². The Kier molecular flexibility index (Phi) is 5.11. The van der Waals surface area contributed by atoms with Crippen LogP contribution in [-0.4, -0.2) is 56.8 Å². The number of carbonyl (C=O) groups excluding carboxylic acids is 1. The highest BCUT2D eigenvalue weighted by Crippen LogP contribution is 2.33. The fraction of sp³-hybridized carbons (Fsp3) is 0.304. The molecule has 30 heavy (non-hydrogen) atoms. The van der Waals surface area contributed by atoms with E-state index < -0.39 is 0 Å². The number of amides is 1. The predicted molar refractivity (Wildman–Crippen MR) is 117 cm³/mol. The number of hydrogen-bond acceptors (Lipinski definition) is 5. The minimum absolute atomic E-state index is 0.0871. The lowest BCUT2D eigenvalue weighted by Crippen LogP contribution is -2.42. The molecule has 4 rings (SSSR count). The molecule has 1 saturated heterocycles. The molecule has 0 aliphatic carbocycles. The third-order valence-electron chi connectivity index (χ3n) is 5.52. The Labute approximate surface area is 175 Å². The molecule has 0 N–H and O–H groups in total. The van der Waals surface area contributed by atoms with E-state index in [2.05, 4.69) is 0 Å². The lowest BCUT2D eigenvalue weighted by molar-refractivity contribution is 0.0653. The van der Waals surface area contributed by atoms with E-state index in [9.17, 15) is 9.59 Å². The number of aromatic nitrogens is 1. The highest BCUT2D eigenvalue weighted by molar-refractivity contribution is 6.07. The van der Waals surface area contributed by atoms with Crippen LogP contribution in [-0.2, 0) is 0 Å². The maximum atomic E-state index is 13.4. The van der Waals surface area contributed by atoms with Crippen molar-refractivity contribution in [2.45, 2.75) is 6.42 Å². The van der Waals surface area contributed by atoms with Crippen molar-refractivity contribution in [2.75, 3.05) is 46.3 Å². The van der Waals surface area contributed by atoms with Crippen molar-refractivity contribution in [3.05, 3.63) is 58.5 Å². The number of nitrogens with zero attached hydrogens (tertiary/aromatic N) is 3. The van der Waals surface area contributed by atoms with Crippen molar-refractivity contribution in [3.63, 3.8) is 0 Å². The maximum Gasteiger partial charge on any atom is 0.263 e. The molecule has 2 aromatic carbocycles. The number of likely N-dealkylation sites (tertiary alicyclic amines) is 1. The summed E-state index contributed by atoms with van der Waals surface area (Å²) in [6.45, 7) is 1.45. The van der Waals surface area contributed by atoms with Gasteiger partial charge in [0.25, 0.3) is 11.5 Å². The zero-order valence-corrected chi connectivity index (χ0v) is 17.6. The number of fused-ring (bicyclic) bond motifs is 1. The predicted octanol–water partition coefficient (Wildman–Crippen LogP) is 2.92. The number of pyridine rings is 1. The van der Waals surface area contributed by atoms with E-state index in [0.717, 1.165) is 25.2 Å². The van der Waals surface area contributed by atoms with Gasteiger partial charge in [0.2, 0.25) is 0 Å². The van der Waals surface area contributed by atoms with E-state index in [-0.39, 0.29) is 11.5 Å². The van der Waals surface area contributed by atoms with Gasteiger partial charge in [-0.15, -0.1) is 0 Å². The van der Waals surface area contributed by atoms with Gasteiger partial charge in [-0.3, -0.25) is 14.2 Å². The van der Waals surface area contributed by atoms with Crippen molar-refractivity contribution >= 4 is 22.4 Å². The van der Waals surface area contributed by atoms with Gasteiger partial charge in [-0.05, 0) is 36.8 Å². The number of ether oxygens (including phenoxy) is 2. The van der Waals surface area contributed by atoms with Crippen LogP contribution in [0, 0.1) is 0 Å². The van der Waals surface area contributed by atoms with Crippen LogP contribution < -0.4 is 19.9 Å². The molecular weight excluding hydrogens is 382 g/mol. The molecule has 0 bridgehead atoms. The van der Waals surface area contributed by atoms with Gasteiger partial charge < -0.3 is 19.3 Å². The van der Waals surface area contributed by atoms with E-state index in [1.807, 2.05) is 43.3 Å². The first-order valence-electron chi connectivity index (χ1n) is 9.83. The van der Waals surface area contributed by atoms with Crippen LogP contribution in [0.25, 0.3) is 16.5 Å². The molecule has 0 saturated carbocycles. The van der Waals surface area contributed by atoms with Crippen LogP contribution in [0.3, 0.4) is 0 Å². The zero-order valence-electron chi connectivity index (χ0n) is 17.6. The van der Waals surface area contributed by atoms with E-state index in [0.29, 0.717) is 33.5 Å². The highest BCUT2D eigenvalue weighted by Gasteiger charge is 2.26. The van der Waals surface area contributed by atoms with Gasteiger partial charge >= 0.3 is 0 Å². The molecule has 3 aromatic rings. The van der Waals surface area contributed by atoms with Crippen molar-refractivity contribution in [3.8, 4) is 17.2 Å². The first-order valence-corrected chi connectivity index (χ1v) is 9.83. The van der Waals surface area contributed by atoms with E-state index in [1.165, 1.54) is 18.8 Å². The van der Waals surface area contributed by atoms with Gasteiger partial charge in [0.05, 0.1) is 30.9 Å². The van der Waals surface area contributed by atoms with Gasteiger partial charge in [0, 0.05) is 44.5 Å². The molecule has 0 spiro atoms. The van der Waals surface area contributed by atoms with Crippen LogP contribution >= 0.6 is 0 Å². The van der Waals surface area contributed by atoms with Gasteiger partial charge in [0.15, 0.2) is 11.5 Å². The fourth-order valence-electron chi connectivity index (χ4n) is 3.64. The lowest BCUT2D eigenvalue weighted by Gasteiger charge is -2.31. The van der Waals surface area contributed by atoms with Crippen LogP contribution in [0.4, 0.5) is 5.69 Å². The smallest absolute Gasteiger partial charge is 0.263 e. The average molecular weight is 407 g/mol. The molecule has 156 valence electrons. The number of rotatable bonds is 5. The standard InChI is InChI=1S/C23H25N3O4/c1-24(2)15-7-5-8-16(11-15)26-14-19(22(27)25-9-6-10-25)17-12-20(29-3)21(30-4)13-18(17)23(26)28/h5,7-8,11-14H,6,9-10H2,1-4H3. The van der Waals surface area contributed by atoms with Gasteiger partial charge in [0.1, 0.15) is 0 Å². The van der Waals surface area contributed by atoms with Crippen molar-refractivity contribution in [1.29, 1.82) is 0 Å². The molecule has 0 radical (unpaired) electrons. The quantitative estimate of drug-likeness (QED) is 0.651. The number of methoxy groups -OCH3 is 2. The van der Waals surface area contributed by atoms with Crippen LogP contribution in [0.5, 0.6) is 11.5 Å². The normalized spacial score (nSPS) is 13.1. The summed E-state index contributed by atoms with van der Waals surface area (Å²) in [5.74, 6) is 0.842. The summed E-state index contributed by atoms with van der Waals surface area (Å²) in [5.41, 5.74) is 1.91. The monoisotopic (exact) mass is 407 g/mol. The number of anilines is 1. The SMILES string of the molecule is COc1cc2c(C(=O)N3CCC3)cn(-c3cccc(N(C)C)c3)c(=O)c2cc1OC. The summed E-state index contributed by atoms with van der Waals surface area (Å²) in [5, 5.41) is 0.976. The Hall–Kier alpha value is -3.48. The molecule has 0 unspecified atom stereocenters. The molecule has 2 heterocycles. The number of benzene rings is 2. The molecule has 1 aromatic heterocycles. The topological polar surface area (TPSA) is 64.0 Å². The second-order valence-electron chi connectivity index (χ2n) is 7.53. The summed E-state index contributed by atoms with van der Waals surface area (Å²) < 4.78 is 12.3. The Balaban J connectivity index is 2.02. The second kappa shape index (κ2) is 7.74. The summed E-state index contributed by atoms with van der Waals surface area (Å²) >= 11 is 0. The molecule has 1 aliphatic rings. The summed E-state index contributed by atoms with van der Waals surface area (Å²) in [7, 11) is 6.95. The number of carbonyl (C=O) groups is 1. The molecular formula is C23H25N3O4. The van der Waals surface area contributed by atoms with Crippen molar-refractivity contribution in [2.24, 2.45) is 0 Å². The molecule has 0 atom stereocenters. The number of hydrogen-bond donors (Lipinski definition) is 0. The maximum absolute atomic E-state index is 13.4. The van der Waals surface area contributed by atoms with Gasteiger partial charge in [-0.25, -0.2) is 0 Å². The third kappa shape index (κ3) is 3.26. The molecule has 7 nitrogen and oxygen atoms in total. The van der Waals surface area contributed by atoms with Gasteiger partial charge in [-0.1, -0.05) is 6.07 Å². The summed E-state index contributed by atoms with van der Waals surface area (Å²) in [6, 6.07) is 11.0.